The standard InChI is InChI=1S/C10H15N3O2.C8H8ClNO.C2H6/c1-7-4-3-5-13(7)10(14)6-9-11-8(2)12-15-9;9-8-3-1-7(2-4-8)5-10-6-11;1-2/h7H,3-6H2,1-2H3;1-4,6H,5H2,(H,10,11);1-2H3. The lowest BCUT2D eigenvalue weighted by Gasteiger charge is -2.20. The molecule has 1 aromatic carbocycles. The van der Waals surface area contributed by atoms with Gasteiger partial charge >= 0.3 is 0 Å². The molecule has 8 heteroatoms. The van der Waals surface area contributed by atoms with Crippen LogP contribution in [-0.2, 0) is 22.6 Å². The van der Waals surface area contributed by atoms with Gasteiger partial charge in [-0.15, -0.1) is 0 Å². The number of nitrogens with one attached hydrogen (secondary N) is 1. The molecule has 1 aliphatic heterocycles. The highest BCUT2D eigenvalue weighted by Crippen LogP contribution is 2.17. The first-order chi connectivity index (χ1) is 13.5. The SMILES string of the molecule is CC.Cc1noc(CC(=O)N2CCCC2C)n1.O=CNCc1ccc(Cl)cc1. The predicted octanol–water partition coefficient (Wildman–Crippen LogP) is 3.54. The Balaban J connectivity index is 0.000000268. The van der Waals surface area contributed by atoms with Crippen molar-refractivity contribution in [1.29, 1.82) is 0 Å². The van der Waals surface area contributed by atoms with Crippen molar-refractivity contribution in [2.24, 2.45) is 0 Å². The number of hydrogen-bond acceptors (Lipinski definition) is 5. The third-order valence-corrected chi connectivity index (χ3v) is 4.30. The van der Waals surface area contributed by atoms with E-state index in [0.29, 0.717) is 35.7 Å². The number of nitrogens with zero attached hydrogens (tertiary/aromatic N) is 3. The van der Waals surface area contributed by atoms with Gasteiger partial charge in [0.15, 0.2) is 5.82 Å². The van der Waals surface area contributed by atoms with Crippen molar-refractivity contribution >= 4 is 23.9 Å². The summed E-state index contributed by atoms with van der Waals surface area (Å²) in [6.07, 6.45) is 3.09. The van der Waals surface area contributed by atoms with Crippen molar-refractivity contribution in [2.75, 3.05) is 6.54 Å². The van der Waals surface area contributed by atoms with E-state index in [0.717, 1.165) is 24.9 Å². The van der Waals surface area contributed by atoms with E-state index in [1.807, 2.05) is 30.9 Å². The van der Waals surface area contributed by atoms with Gasteiger partial charge in [-0.25, -0.2) is 0 Å². The molecule has 154 valence electrons. The summed E-state index contributed by atoms with van der Waals surface area (Å²) in [6, 6.07) is 7.69. The molecule has 2 heterocycles. The van der Waals surface area contributed by atoms with Crippen LogP contribution in [0.1, 0.15) is 50.9 Å². The predicted molar refractivity (Wildman–Crippen MR) is 109 cm³/mol. The maximum Gasteiger partial charge on any atom is 0.236 e. The van der Waals surface area contributed by atoms with Crippen LogP contribution in [0.4, 0.5) is 0 Å². The fraction of sp³-hybridized carbons (Fsp3) is 0.500. The highest BCUT2D eigenvalue weighted by atomic mass is 35.5. The first-order valence-electron chi connectivity index (χ1n) is 9.49. The number of likely N-dealkylation sites (tertiary alicyclic amines) is 1. The molecule has 1 aliphatic rings. The zero-order chi connectivity index (χ0) is 20.9. The second-order valence-corrected chi connectivity index (χ2v) is 6.55. The Morgan fingerprint density at radius 2 is 2.04 bits per heavy atom. The number of carbonyl (C=O) groups excluding carboxylic acids is 2. The summed E-state index contributed by atoms with van der Waals surface area (Å²) < 4.78 is 4.92. The minimum atomic E-state index is 0.0867. The fourth-order valence-electron chi connectivity index (χ4n) is 2.71. The summed E-state index contributed by atoms with van der Waals surface area (Å²) in [5.41, 5.74) is 1.04. The number of amides is 2. The van der Waals surface area contributed by atoms with Crippen LogP contribution in [0.2, 0.25) is 5.02 Å². The van der Waals surface area contributed by atoms with Crippen molar-refractivity contribution in [3.63, 3.8) is 0 Å². The first kappa shape index (κ1) is 23.6. The summed E-state index contributed by atoms with van der Waals surface area (Å²) in [5.74, 6) is 1.08. The molecule has 28 heavy (non-hydrogen) atoms. The summed E-state index contributed by atoms with van der Waals surface area (Å²) in [4.78, 5) is 27.7. The van der Waals surface area contributed by atoms with Crippen molar-refractivity contribution < 1.29 is 14.1 Å². The largest absolute Gasteiger partial charge is 0.355 e. The van der Waals surface area contributed by atoms with Gasteiger partial charge in [0.2, 0.25) is 18.2 Å². The lowest BCUT2D eigenvalue weighted by atomic mass is 10.2. The van der Waals surface area contributed by atoms with Gasteiger partial charge in [0.1, 0.15) is 6.42 Å². The van der Waals surface area contributed by atoms with Crippen LogP contribution < -0.4 is 5.32 Å². The number of carbonyl (C=O) groups is 2. The van der Waals surface area contributed by atoms with Crippen molar-refractivity contribution in [3.05, 3.63) is 46.6 Å². The van der Waals surface area contributed by atoms with E-state index in [1.54, 1.807) is 19.1 Å². The van der Waals surface area contributed by atoms with E-state index in [2.05, 4.69) is 22.4 Å². The third-order valence-electron chi connectivity index (χ3n) is 4.05. The van der Waals surface area contributed by atoms with E-state index in [9.17, 15) is 9.59 Å². The molecule has 1 N–H and O–H groups in total. The van der Waals surface area contributed by atoms with Crippen molar-refractivity contribution in [2.45, 2.75) is 59.5 Å². The van der Waals surface area contributed by atoms with Crippen LogP contribution in [-0.4, -0.2) is 39.9 Å². The Bertz CT molecular complexity index is 718. The van der Waals surface area contributed by atoms with E-state index in [1.165, 1.54) is 0 Å². The van der Waals surface area contributed by atoms with Crippen LogP contribution in [0, 0.1) is 6.92 Å². The molecule has 2 aromatic rings. The van der Waals surface area contributed by atoms with Gasteiger partial charge < -0.3 is 14.7 Å². The second-order valence-electron chi connectivity index (χ2n) is 6.12. The third kappa shape index (κ3) is 8.08. The summed E-state index contributed by atoms with van der Waals surface area (Å²) in [6.45, 7) is 9.23. The normalized spacial score (nSPS) is 15.0. The van der Waals surface area contributed by atoms with Crippen LogP contribution in [0.15, 0.2) is 28.8 Å². The highest BCUT2D eigenvalue weighted by Gasteiger charge is 2.26. The van der Waals surface area contributed by atoms with E-state index in [-0.39, 0.29) is 12.3 Å². The number of rotatable bonds is 5. The molecular formula is C20H29ClN4O3. The van der Waals surface area contributed by atoms with Crippen LogP contribution in [0.25, 0.3) is 0 Å². The average molecular weight is 409 g/mol. The van der Waals surface area contributed by atoms with Gasteiger partial charge in [0, 0.05) is 24.2 Å². The van der Waals surface area contributed by atoms with Crippen LogP contribution in [0.3, 0.4) is 0 Å². The molecule has 1 unspecified atom stereocenters. The number of benzene rings is 1. The molecule has 2 amide bonds. The lowest BCUT2D eigenvalue weighted by Crippen LogP contribution is -2.34. The Morgan fingerprint density at radius 1 is 1.36 bits per heavy atom. The van der Waals surface area contributed by atoms with Gasteiger partial charge in [0.05, 0.1) is 0 Å². The molecule has 0 aliphatic carbocycles. The molecular weight excluding hydrogens is 380 g/mol. The summed E-state index contributed by atoms with van der Waals surface area (Å²) in [7, 11) is 0. The van der Waals surface area contributed by atoms with Crippen LogP contribution >= 0.6 is 11.6 Å². The monoisotopic (exact) mass is 408 g/mol. The molecule has 1 saturated heterocycles. The zero-order valence-electron chi connectivity index (χ0n) is 16.9. The molecule has 0 spiro atoms. The number of aromatic nitrogens is 2. The zero-order valence-corrected chi connectivity index (χ0v) is 17.7. The number of aryl methyl sites for hydroxylation is 1. The molecule has 7 nitrogen and oxygen atoms in total. The molecule has 0 radical (unpaired) electrons. The smallest absolute Gasteiger partial charge is 0.236 e. The molecule has 3 rings (SSSR count). The van der Waals surface area contributed by atoms with Gasteiger partial charge in [-0.05, 0) is 44.4 Å². The number of halogens is 1. The van der Waals surface area contributed by atoms with E-state index < -0.39 is 0 Å². The second kappa shape index (κ2) is 12.9. The molecule has 1 aromatic heterocycles. The van der Waals surface area contributed by atoms with Gasteiger partial charge in [-0.2, -0.15) is 4.98 Å². The Morgan fingerprint density at radius 3 is 2.54 bits per heavy atom. The summed E-state index contributed by atoms with van der Waals surface area (Å²) >= 11 is 5.66. The minimum absolute atomic E-state index is 0.0867. The lowest BCUT2D eigenvalue weighted by molar-refractivity contribution is -0.131. The summed E-state index contributed by atoms with van der Waals surface area (Å²) in [5, 5.41) is 6.93. The molecule has 1 fully saturated rings. The molecule has 0 saturated carbocycles. The van der Waals surface area contributed by atoms with Crippen LogP contribution in [0.5, 0.6) is 0 Å². The maximum atomic E-state index is 11.8. The van der Waals surface area contributed by atoms with Gasteiger partial charge in [-0.3, -0.25) is 9.59 Å². The van der Waals surface area contributed by atoms with Gasteiger partial charge in [0.25, 0.3) is 0 Å². The Hall–Kier alpha value is -2.41. The Kier molecular flexibility index (Phi) is 10.9. The number of hydrogen-bond donors (Lipinski definition) is 1. The topological polar surface area (TPSA) is 88.3 Å². The van der Waals surface area contributed by atoms with Gasteiger partial charge in [-0.1, -0.05) is 42.7 Å². The highest BCUT2D eigenvalue weighted by molar-refractivity contribution is 6.30. The van der Waals surface area contributed by atoms with E-state index in [4.69, 9.17) is 16.1 Å². The van der Waals surface area contributed by atoms with Crippen molar-refractivity contribution in [3.8, 4) is 0 Å². The molecule has 0 bridgehead atoms. The average Bonchev–Trinajstić information content (AvgIpc) is 3.31. The maximum absolute atomic E-state index is 11.8. The Labute approximate surface area is 171 Å². The fourth-order valence-corrected chi connectivity index (χ4v) is 2.83. The van der Waals surface area contributed by atoms with Crippen molar-refractivity contribution in [1.82, 2.24) is 20.4 Å². The molecule has 1 atom stereocenters. The minimum Gasteiger partial charge on any atom is -0.355 e. The quantitative estimate of drug-likeness (QED) is 0.764. The first-order valence-corrected chi connectivity index (χ1v) is 9.87. The van der Waals surface area contributed by atoms with E-state index >= 15 is 0 Å².